The number of fused-ring (bicyclic) bond motifs is 4. The number of aliphatic hydroxyl groups excluding tert-OH is 1. The molecule has 0 saturated heterocycles. The van der Waals surface area contributed by atoms with Crippen LogP contribution in [0.5, 0.6) is 0 Å². The van der Waals surface area contributed by atoms with Crippen LogP contribution in [0.3, 0.4) is 0 Å². The van der Waals surface area contributed by atoms with Gasteiger partial charge in [-0.1, -0.05) is 37.1 Å². The molecule has 0 radical (unpaired) electrons. The largest absolute Gasteiger partial charge is 0.458 e. The van der Waals surface area contributed by atoms with Crippen molar-refractivity contribution >= 4 is 5.97 Å². The zero-order valence-corrected chi connectivity index (χ0v) is 15.3. The van der Waals surface area contributed by atoms with Crippen LogP contribution in [0.4, 0.5) is 0 Å². The van der Waals surface area contributed by atoms with Crippen molar-refractivity contribution in [2.75, 3.05) is 0 Å². The Morgan fingerprint density at radius 1 is 1.20 bits per heavy atom. The number of esters is 1. The summed E-state index contributed by atoms with van der Waals surface area (Å²) in [5.41, 5.74) is 3.45. The van der Waals surface area contributed by atoms with E-state index in [1.807, 2.05) is 0 Å². The third-order valence-electron chi connectivity index (χ3n) is 7.85. The highest BCUT2D eigenvalue weighted by molar-refractivity contribution is 5.72. The van der Waals surface area contributed by atoms with E-state index in [1.54, 1.807) is 11.1 Å². The molecule has 1 saturated carbocycles. The van der Waals surface area contributed by atoms with E-state index in [-0.39, 0.29) is 16.9 Å². The maximum atomic E-state index is 11.7. The van der Waals surface area contributed by atoms with Gasteiger partial charge in [0.05, 0.1) is 0 Å². The summed E-state index contributed by atoms with van der Waals surface area (Å²) in [5, 5.41) is 18.2. The summed E-state index contributed by atoms with van der Waals surface area (Å²) in [4.78, 5) is 11.7. The molecule has 25 heavy (non-hydrogen) atoms. The lowest BCUT2D eigenvalue weighted by atomic mass is 9.53. The monoisotopic (exact) mass is 346 g/mol. The van der Waals surface area contributed by atoms with Gasteiger partial charge in [0.2, 0.25) is 0 Å². The van der Waals surface area contributed by atoms with Gasteiger partial charge in [0, 0.05) is 10.8 Å². The van der Waals surface area contributed by atoms with Crippen molar-refractivity contribution in [3.05, 3.63) is 23.3 Å². The Morgan fingerprint density at radius 3 is 2.76 bits per heavy atom. The average Bonchev–Trinajstić information content (AvgIpc) is 2.91. The predicted molar refractivity (Wildman–Crippen MR) is 94.4 cm³/mol. The highest BCUT2D eigenvalue weighted by Crippen LogP contribution is 2.62. The Balaban J connectivity index is 1.64. The number of aliphatic hydroxyl groups is 2. The third-order valence-corrected chi connectivity index (χ3v) is 7.85. The summed E-state index contributed by atoms with van der Waals surface area (Å²) in [7, 11) is 0. The van der Waals surface area contributed by atoms with Crippen molar-refractivity contribution in [2.24, 2.45) is 22.7 Å². The maximum Gasteiger partial charge on any atom is 0.363 e. The highest BCUT2D eigenvalue weighted by Gasteiger charge is 2.55. The second-order valence-electron chi connectivity index (χ2n) is 8.94. The molecular weight excluding hydrogens is 316 g/mol. The Labute approximate surface area is 149 Å². The van der Waals surface area contributed by atoms with Crippen molar-refractivity contribution in [3.8, 4) is 0 Å². The van der Waals surface area contributed by atoms with Gasteiger partial charge in [-0.2, -0.15) is 0 Å². The minimum atomic E-state index is -2.03. The molecule has 0 aromatic carbocycles. The van der Waals surface area contributed by atoms with Crippen LogP contribution in [0.15, 0.2) is 23.3 Å². The van der Waals surface area contributed by atoms with Gasteiger partial charge in [0.25, 0.3) is 6.29 Å². The molecule has 4 nitrogen and oxygen atoms in total. The van der Waals surface area contributed by atoms with Crippen LogP contribution in [0.2, 0.25) is 0 Å². The summed E-state index contributed by atoms with van der Waals surface area (Å²) in [6, 6.07) is 0. The van der Waals surface area contributed by atoms with Crippen molar-refractivity contribution < 1.29 is 19.7 Å². The number of rotatable bonds is 2. The number of carbonyl (C=O) groups excluding carboxylic acids is 1. The zero-order chi connectivity index (χ0) is 17.8. The minimum absolute atomic E-state index is 0.0645. The van der Waals surface area contributed by atoms with Gasteiger partial charge in [-0.25, -0.2) is 4.79 Å². The second-order valence-corrected chi connectivity index (χ2v) is 8.94. The molecule has 0 spiro atoms. The van der Waals surface area contributed by atoms with E-state index < -0.39 is 12.3 Å². The van der Waals surface area contributed by atoms with Gasteiger partial charge >= 0.3 is 5.97 Å². The molecule has 1 fully saturated rings. The van der Waals surface area contributed by atoms with Gasteiger partial charge in [-0.15, -0.1) is 0 Å². The molecule has 4 heteroatoms. The van der Waals surface area contributed by atoms with Gasteiger partial charge in [-0.05, 0) is 63.2 Å². The molecule has 5 atom stereocenters. The van der Waals surface area contributed by atoms with Crippen LogP contribution in [0, 0.1) is 22.7 Å². The second kappa shape index (κ2) is 5.95. The molecule has 4 aliphatic carbocycles. The van der Waals surface area contributed by atoms with E-state index in [0.29, 0.717) is 5.92 Å². The number of hydrogen-bond donors (Lipinski definition) is 2. The highest BCUT2D eigenvalue weighted by atomic mass is 16.6. The topological polar surface area (TPSA) is 66.8 Å². The standard InChI is InChI=1S/C21H30O4/c1-20-11-4-3-5-13(20)6-7-14-15-8-9-17(25-19(24)18(22)23)21(15,2)12-10-16(14)20/h4,11,13,15,17-18,22-23H,3,5-10,12H2,1-2H3/t13-,15-,17-,20-,21-/m0/s1. The van der Waals surface area contributed by atoms with E-state index in [9.17, 15) is 4.79 Å². The molecule has 0 aliphatic heterocycles. The lowest BCUT2D eigenvalue weighted by Gasteiger charge is -2.52. The van der Waals surface area contributed by atoms with E-state index >= 15 is 0 Å². The normalized spacial score (nSPS) is 42.8. The van der Waals surface area contributed by atoms with Gasteiger partial charge in [0.1, 0.15) is 6.10 Å². The van der Waals surface area contributed by atoms with Crippen LogP contribution < -0.4 is 0 Å². The molecule has 0 heterocycles. The Morgan fingerprint density at radius 2 is 2.00 bits per heavy atom. The number of carbonyl (C=O) groups is 1. The molecule has 2 N–H and O–H groups in total. The van der Waals surface area contributed by atoms with Crippen molar-refractivity contribution in [3.63, 3.8) is 0 Å². The van der Waals surface area contributed by atoms with Gasteiger partial charge in [-0.3, -0.25) is 0 Å². The minimum Gasteiger partial charge on any atom is -0.458 e. The quantitative estimate of drug-likeness (QED) is 0.456. The molecule has 0 amide bonds. The van der Waals surface area contributed by atoms with E-state index in [2.05, 4.69) is 26.0 Å². The number of hydrogen-bond acceptors (Lipinski definition) is 4. The summed E-state index contributed by atoms with van der Waals surface area (Å²) in [5.74, 6) is 0.343. The molecule has 138 valence electrons. The van der Waals surface area contributed by atoms with E-state index in [1.165, 1.54) is 25.7 Å². The van der Waals surface area contributed by atoms with Crippen LogP contribution in [0.25, 0.3) is 0 Å². The van der Waals surface area contributed by atoms with E-state index in [4.69, 9.17) is 14.9 Å². The molecular formula is C21H30O4. The molecule has 4 aliphatic rings. The smallest absolute Gasteiger partial charge is 0.363 e. The summed E-state index contributed by atoms with van der Waals surface area (Å²) < 4.78 is 5.48. The predicted octanol–water partition coefficient (Wildman–Crippen LogP) is 3.48. The van der Waals surface area contributed by atoms with Crippen LogP contribution in [0.1, 0.15) is 65.2 Å². The fourth-order valence-electron chi connectivity index (χ4n) is 6.39. The van der Waals surface area contributed by atoms with E-state index in [0.717, 1.165) is 31.6 Å². The lowest BCUT2D eigenvalue weighted by Crippen LogP contribution is -2.44. The molecule has 0 aromatic rings. The molecule has 0 bridgehead atoms. The summed E-state index contributed by atoms with van der Waals surface area (Å²) in [6.07, 6.45) is 11.5. The first-order valence-electron chi connectivity index (χ1n) is 9.83. The molecule has 0 unspecified atom stereocenters. The third kappa shape index (κ3) is 2.52. The van der Waals surface area contributed by atoms with Gasteiger partial charge in [0.15, 0.2) is 0 Å². The SMILES string of the molecule is C[C@]12CCC3=C(CC[C@@H]4CCC=C[C@]34C)[C@@H]1CC[C@@H]2OC(=O)C(O)O. The Kier molecular flexibility index (Phi) is 4.12. The van der Waals surface area contributed by atoms with Crippen LogP contribution >= 0.6 is 0 Å². The summed E-state index contributed by atoms with van der Waals surface area (Å²) in [6.45, 7) is 4.67. The van der Waals surface area contributed by atoms with Crippen LogP contribution in [-0.2, 0) is 9.53 Å². The first kappa shape index (κ1) is 17.3. The van der Waals surface area contributed by atoms with Crippen molar-refractivity contribution in [2.45, 2.75) is 77.6 Å². The van der Waals surface area contributed by atoms with Crippen molar-refractivity contribution in [1.29, 1.82) is 0 Å². The number of allylic oxidation sites excluding steroid dienone is 4. The van der Waals surface area contributed by atoms with Gasteiger partial charge < -0.3 is 14.9 Å². The lowest BCUT2D eigenvalue weighted by molar-refractivity contribution is -0.184. The maximum absolute atomic E-state index is 11.7. The zero-order valence-electron chi connectivity index (χ0n) is 15.3. The van der Waals surface area contributed by atoms with Crippen molar-refractivity contribution in [1.82, 2.24) is 0 Å². The Hall–Kier alpha value is -1.13. The Bertz CT molecular complexity index is 634. The summed E-state index contributed by atoms with van der Waals surface area (Å²) >= 11 is 0. The fraction of sp³-hybridized carbons (Fsp3) is 0.762. The fourth-order valence-corrected chi connectivity index (χ4v) is 6.39. The molecule has 4 rings (SSSR count). The average molecular weight is 346 g/mol. The first-order valence-corrected chi connectivity index (χ1v) is 9.83. The number of ether oxygens (including phenoxy) is 1. The van der Waals surface area contributed by atoms with Crippen LogP contribution in [-0.4, -0.2) is 28.6 Å². The first-order chi connectivity index (χ1) is 11.9. The molecule has 0 aromatic heterocycles.